The predicted octanol–water partition coefficient (Wildman–Crippen LogP) is 3.67. The van der Waals surface area contributed by atoms with Crippen molar-refractivity contribution in [2.24, 2.45) is 5.92 Å². The van der Waals surface area contributed by atoms with Crippen LogP contribution < -0.4 is 5.32 Å². The molecule has 0 atom stereocenters. The van der Waals surface area contributed by atoms with Crippen LogP contribution in [-0.2, 0) is 14.8 Å². The lowest BCUT2D eigenvalue weighted by Gasteiger charge is -2.31. The van der Waals surface area contributed by atoms with Gasteiger partial charge in [-0.15, -0.1) is 11.3 Å². The fraction of sp³-hybridized carbons (Fsp3) is 0.524. The van der Waals surface area contributed by atoms with Crippen molar-refractivity contribution in [2.45, 2.75) is 56.4 Å². The number of hydrogen-bond donors (Lipinski definition) is 1. The molecule has 2 aromatic heterocycles. The maximum atomic E-state index is 13.3. The number of piperidine rings is 1. The standard InChI is InChI=1S/C21H27N3O4S2/c1-15-20(19(28-23-15)9-8-18-7-4-14-29-18)30(26,27)24-12-10-16(11-13-24)21(25)22-17-5-2-3-6-17/h4,7-9,14,16-17H,2-3,5-6,10-13H2,1H3,(H,22,25)/b9-8+. The van der Waals surface area contributed by atoms with Crippen LogP contribution in [-0.4, -0.2) is 42.9 Å². The van der Waals surface area contributed by atoms with Gasteiger partial charge in [-0.2, -0.15) is 4.31 Å². The quantitative estimate of drug-likeness (QED) is 0.726. The van der Waals surface area contributed by atoms with Gasteiger partial charge in [-0.3, -0.25) is 4.79 Å². The molecule has 162 valence electrons. The van der Waals surface area contributed by atoms with Crippen LogP contribution in [0.5, 0.6) is 0 Å². The van der Waals surface area contributed by atoms with Crippen molar-refractivity contribution in [2.75, 3.05) is 13.1 Å². The number of carbonyl (C=O) groups is 1. The van der Waals surface area contributed by atoms with Crippen molar-refractivity contribution < 1.29 is 17.7 Å². The highest BCUT2D eigenvalue weighted by Gasteiger charge is 2.36. The summed E-state index contributed by atoms with van der Waals surface area (Å²) in [4.78, 5) is 13.6. The molecule has 2 aromatic rings. The van der Waals surface area contributed by atoms with Crippen LogP contribution >= 0.6 is 11.3 Å². The van der Waals surface area contributed by atoms with Gasteiger partial charge >= 0.3 is 0 Å². The van der Waals surface area contributed by atoms with Crippen LogP contribution in [0.1, 0.15) is 54.9 Å². The number of rotatable bonds is 6. The van der Waals surface area contributed by atoms with E-state index in [1.54, 1.807) is 24.3 Å². The summed E-state index contributed by atoms with van der Waals surface area (Å²) in [6.07, 6.45) is 8.97. The van der Waals surface area contributed by atoms with Gasteiger partial charge in [0.05, 0.1) is 0 Å². The number of nitrogens with zero attached hydrogens (tertiary/aromatic N) is 2. The van der Waals surface area contributed by atoms with Crippen LogP contribution in [0.4, 0.5) is 0 Å². The second-order valence-corrected chi connectivity index (χ2v) is 10.8. The zero-order chi connectivity index (χ0) is 21.1. The Kier molecular flexibility index (Phi) is 6.40. The highest BCUT2D eigenvalue weighted by atomic mass is 32.2. The number of hydrogen-bond acceptors (Lipinski definition) is 6. The summed E-state index contributed by atoms with van der Waals surface area (Å²) in [6.45, 7) is 2.29. The predicted molar refractivity (Wildman–Crippen MR) is 116 cm³/mol. The lowest BCUT2D eigenvalue weighted by molar-refractivity contribution is -0.126. The first-order valence-corrected chi connectivity index (χ1v) is 12.8. The van der Waals surface area contributed by atoms with Crippen molar-refractivity contribution >= 4 is 39.4 Å². The molecule has 2 aliphatic rings. The van der Waals surface area contributed by atoms with Gasteiger partial charge < -0.3 is 9.84 Å². The van der Waals surface area contributed by atoms with E-state index in [0.29, 0.717) is 31.6 Å². The molecule has 4 rings (SSSR count). The smallest absolute Gasteiger partial charge is 0.248 e. The molecule has 0 aromatic carbocycles. The van der Waals surface area contributed by atoms with Crippen LogP contribution in [0.15, 0.2) is 26.9 Å². The summed E-state index contributed by atoms with van der Waals surface area (Å²) in [5.74, 6) is 0.181. The van der Waals surface area contributed by atoms with Crippen molar-refractivity contribution in [1.29, 1.82) is 0 Å². The Balaban J connectivity index is 1.43. The van der Waals surface area contributed by atoms with E-state index in [4.69, 9.17) is 4.52 Å². The van der Waals surface area contributed by atoms with Gasteiger partial charge in [0.2, 0.25) is 15.9 Å². The second-order valence-electron chi connectivity index (χ2n) is 7.98. The van der Waals surface area contributed by atoms with Gasteiger partial charge in [0, 0.05) is 29.9 Å². The number of aryl methyl sites for hydroxylation is 1. The van der Waals surface area contributed by atoms with Gasteiger partial charge in [-0.1, -0.05) is 24.1 Å². The van der Waals surface area contributed by atoms with E-state index in [0.717, 1.165) is 17.7 Å². The largest absolute Gasteiger partial charge is 0.355 e. The fourth-order valence-electron chi connectivity index (χ4n) is 4.22. The van der Waals surface area contributed by atoms with E-state index < -0.39 is 10.0 Å². The summed E-state index contributed by atoms with van der Waals surface area (Å²) < 4.78 is 33.4. The molecular weight excluding hydrogens is 422 g/mol. The summed E-state index contributed by atoms with van der Waals surface area (Å²) in [5.41, 5.74) is 0.349. The number of aromatic nitrogens is 1. The SMILES string of the molecule is Cc1noc(/C=C/c2cccs2)c1S(=O)(=O)N1CCC(C(=O)NC2CCCC2)CC1. The third kappa shape index (κ3) is 4.53. The van der Waals surface area contributed by atoms with Gasteiger partial charge in [0.25, 0.3) is 0 Å². The molecule has 3 heterocycles. The molecule has 2 fully saturated rings. The van der Waals surface area contributed by atoms with Gasteiger partial charge in [-0.25, -0.2) is 8.42 Å². The Morgan fingerprint density at radius 3 is 2.63 bits per heavy atom. The number of carbonyl (C=O) groups excluding carboxylic acids is 1. The highest BCUT2D eigenvalue weighted by molar-refractivity contribution is 7.89. The van der Waals surface area contributed by atoms with E-state index in [2.05, 4.69) is 10.5 Å². The number of sulfonamides is 1. The molecule has 7 nitrogen and oxygen atoms in total. The normalized spacial score (nSPS) is 19.6. The summed E-state index contributed by atoms with van der Waals surface area (Å²) in [7, 11) is -3.75. The van der Waals surface area contributed by atoms with Gasteiger partial charge in [-0.05, 0) is 56.2 Å². The number of thiophene rings is 1. The Labute approximate surface area is 181 Å². The number of nitrogens with one attached hydrogen (secondary N) is 1. The third-order valence-corrected chi connectivity index (χ3v) is 8.79. The molecule has 1 aliphatic heterocycles. The zero-order valence-corrected chi connectivity index (χ0v) is 18.7. The van der Waals surface area contributed by atoms with Crippen molar-refractivity contribution in [3.63, 3.8) is 0 Å². The van der Waals surface area contributed by atoms with Crippen LogP contribution in [0.25, 0.3) is 12.2 Å². The molecular formula is C21H27N3O4S2. The molecule has 1 saturated heterocycles. The third-order valence-electron chi connectivity index (χ3n) is 5.90. The van der Waals surface area contributed by atoms with E-state index in [1.165, 1.54) is 17.1 Å². The van der Waals surface area contributed by atoms with Crippen LogP contribution in [0.3, 0.4) is 0 Å². The number of amides is 1. The molecule has 0 radical (unpaired) electrons. The second kappa shape index (κ2) is 9.03. The Bertz CT molecular complexity index is 997. The summed E-state index contributed by atoms with van der Waals surface area (Å²) in [5, 5.41) is 8.98. The minimum Gasteiger partial charge on any atom is -0.355 e. The van der Waals surface area contributed by atoms with Gasteiger partial charge in [0.1, 0.15) is 5.69 Å². The molecule has 30 heavy (non-hydrogen) atoms. The molecule has 0 unspecified atom stereocenters. The van der Waals surface area contributed by atoms with Gasteiger partial charge in [0.15, 0.2) is 10.7 Å². The zero-order valence-electron chi connectivity index (χ0n) is 17.0. The Hall–Kier alpha value is -1.97. The Morgan fingerprint density at radius 2 is 1.97 bits per heavy atom. The van der Waals surface area contributed by atoms with Crippen molar-refractivity contribution in [3.05, 3.63) is 33.8 Å². The topological polar surface area (TPSA) is 92.5 Å². The minimum atomic E-state index is -3.75. The van der Waals surface area contributed by atoms with Crippen molar-refractivity contribution in [3.8, 4) is 0 Å². The average Bonchev–Trinajstić information content (AvgIpc) is 3.49. The first-order valence-electron chi connectivity index (χ1n) is 10.4. The first-order chi connectivity index (χ1) is 14.4. The average molecular weight is 450 g/mol. The summed E-state index contributed by atoms with van der Waals surface area (Å²) in [6, 6.07) is 4.16. The monoisotopic (exact) mass is 449 g/mol. The van der Waals surface area contributed by atoms with Crippen LogP contribution in [0, 0.1) is 12.8 Å². The van der Waals surface area contributed by atoms with E-state index in [-0.39, 0.29) is 28.5 Å². The lowest BCUT2D eigenvalue weighted by atomic mass is 9.97. The first kappa shape index (κ1) is 21.3. The molecule has 9 heteroatoms. The molecule has 1 aliphatic carbocycles. The van der Waals surface area contributed by atoms with Crippen molar-refractivity contribution in [1.82, 2.24) is 14.8 Å². The maximum Gasteiger partial charge on any atom is 0.248 e. The van der Waals surface area contributed by atoms with E-state index in [1.807, 2.05) is 23.6 Å². The molecule has 1 amide bonds. The van der Waals surface area contributed by atoms with E-state index in [9.17, 15) is 13.2 Å². The minimum absolute atomic E-state index is 0.0691. The molecule has 0 spiro atoms. The maximum absolute atomic E-state index is 13.3. The highest BCUT2D eigenvalue weighted by Crippen LogP contribution is 2.30. The van der Waals surface area contributed by atoms with E-state index >= 15 is 0 Å². The fourth-order valence-corrected chi connectivity index (χ4v) is 6.56. The Morgan fingerprint density at radius 1 is 1.23 bits per heavy atom. The molecule has 1 saturated carbocycles. The van der Waals surface area contributed by atoms with Crippen LogP contribution in [0.2, 0.25) is 0 Å². The lowest BCUT2D eigenvalue weighted by Crippen LogP contribution is -2.45. The molecule has 1 N–H and O–H groups in total. The molecule has 0 bridgehead atoms. The summed E-state index contributed by atoms with van der Waals surface area (Å²) >= 11 is 1.56.